The van der Waals surface area contributed by atoms with Crippen LogP contribution in [0.4, 0.5) is 0 Å². The van der Waals surface area contributed by atoms with E-state index in [9.17, 15) is 16.8 Å². The lowest BCUT2D eigenvalue weighted by molar-refractivity contribution is 0.520. The fourth-order valence-electron chi connectivity index (χ4n) is 1.04. The molecule has 2 N–H and O–H groups in total. The molecule has 0 radical (unpaired) electrons. The van der Waals surface area contributed by atoms with Crippen molar-refractivity contribution in [2.45, 2.75) is 18.6 Å². The van der Waals surface area contributed by atoms with Gasteiger partial charge in [-0.3, -0.25) is 0 Å². The second kappa shape index (κ2) is 2.66. The summed E-state index contributed by atoms with van der Waals surface area (Å²) in [4.78, 5) is 0. The van der Waals surface area contributed by atoms with Crippen LogP contribution in [0.3, 0.4) is 0 Å². The van der Waals surface area contributed by atoms with Gasteiger partial charge in [-0.15, -0.1) is 0 Å². The van der Waals surface area contributed by atoms with E-state index in [1.807, 2.05) is 0 Å². The summed E-state index contributed by atoms with van der Waals surface area (Å²) in [5, 5.41) is 4.04. The summed E-state index contributed by atoms with van der Waals surface area (Å²) in [5.41, 5.74) is 0. The van der Waals surface area contributed by atoms with Crippen LogP contribution in [-0.4, -0.2) is 32.3 Å². The molecular weight excluding hydrogens is 204 g/mol. The van der Waals surface area contributed by atoms with Crippen LogP contribution in [0.25, 0.3) is 0 Å². The molecule has 1 rings (SSSR count). The normalized spacial score (nSPS) is 30.7. The molecule has 0 bridgehead atoms. The molecule has 1 unspecified atom stereocenters. The van der Waals surface area contributed by atoms with Crippen LogP contribution in [0.15, 0.2) is 0 Å². The van der Waals surface area contributed by atoms with Crippen LogP contribution in [0.5, 0.6) is 0 Å². The van der Waals surface area contributed by atoms with E-state index < -0.39 is 25.5 Å². The Labute approximate surface area is 71.6 Å². The molecule has 0 aromatic carbocycles. The standard InChI is InChI=1S/C4H10N2O4S2/c1-4-2-3-6(11(4,7)8)12(5,9)10/h4H,2-3H2,1H3,(H2,5,9,10). The third-order valence-corrected chi connectivity index (χ3v) is 5.79. The highest BCUT2D eigenvalue weighted by Gasteiger charge is 2.41. The number of hydrogen-bond donors (Lipinski definition) is 1. The van der Waals surface area contributed by atoms with Gasteiger partial charge in [-0.05, 0) is 13.3 Å². The van der Waals surface area contributed by atoms with E-state index in [4.69, 9.17) is 5.14 Å². The number of nitrogens with zero attached hydrogens (tertiary/aromatic N) is 1. The van der Waals surface area contributed by atoms with Crippen LogP contribution in [0.1, 0.15) is 13.3 Å². The van der Waals surface area contributed by atoms with Gasteiger partial charge in [-0.2, -0.15) is 8.42 Å². The number of nitrogens with two attached hydrogens (primary N) is 1. The minimum absolute atomic E-state index is 0.0394. The highest BCUT2D eigenvalue weighted by Crippen LogP contribution is 2.22. The second-order valence-corrected chi connectivity index (χ2v) is 6.66. The van der Waals surface area contributed by atoms with Gasteiger partial charge in [0.05, 0.1) is 5.25 Å². The SMILES string of the molecule is CC1CCN(S(N)(=O)=O)S1(=O)=O. The first-order valence-electron chi connectivity index (χ1n) is 3.31. The van der Waals surface area contributed by atoms with Crippen molar-refractivity contribution in [2.75, 3.05) is 6.54 Å². The molecule has 0 saturated carbocycles. The van der Waals surface area contributed by atoms with Crippen LogP contribution < -0.4 is 5.14 Å². The Morgan fingerprint density at radius 2 is 2.00 bits per heavy atom. The van der Waals surface area contributed by atoms with Crippen molar-refractivity contribution < 1.29 is 16.8 Å². The van der Waals surface area contributed by atoms with E-state index in [1.54, 1.807) is 0 Å². The molecule has 1 fully saturated rings. The molecule has 1 aliphatic heterocycles. The Hall–Kier alpha value is -0.180. The van der Waals surface area contributed by atoms with Gasteiger partial charge in [-0.25, -0.2) is 13.6 Å². The maximum atomic E-state index is 11.2. The maximum Gasteiger partial charge on any atom is 0.290 e. The summed E-state index contributed by atoms with van der Waals surface area (Å²) < 4.78 is 44.2. The highest BCUT2D eigenvalue weighted by atomic mass is 32.3. The van der Waals surface area contributed by atoms with E-state index in [2.05, 4.69) is 0 Å². The molecule has 8 heteroatoms. The van der Waals surface area contributed by atoms with Crippen molar-refractivity contribution in [3.05, 3.63) is 0 Å². The third kappa shape index (κ3) is 1.47. The summed E-state index contributed by atoms with van der Waals surface area (Å²) in [6.07, 6.45) is 0.304. The van der Waals surface area contributed by atoms with Crippen molar-refractivity contribution >= 4 is 20.2 Å². The summed E-state index contributed by atoms with van der Waals surface area (Å²) >= 11 is 0. The molecule has 0 aliphatic carbocycles. The van der Waals surface area contributed by atoms with Crippen molar-refractivity contribution in [1.29, 1.82) is 0 Å². The van der Waals surface area contributed by atoms with Gasteiger partial charge in [0.15, 0.2) is 0 Å². The average molecular weight is 214 g/mol. The summed E-state index contributed by atoms with van der Waals surface area (Å²) in [6.45, 7) is 1.42. The Bertz CT molecular complexity index is 370. The molecule has 0 aromatic heterocycles. The summed E-state index contributed by atoms with van der Waals surface area (Å²) in [5.74, 6) is 0. The maximum absolute atomic E-state index is 11.2. The van der Waals surface area contributed by atoms with Gasteiger partial charge >= 0.3 is 0 Å². The summed E-state index contributed by atoms with van der Waals surface area (Å²) in [7, 11) is -7.80. The Kier molecular flexibility index (Phi) is 2.19. The zero-order valence-corrected chi connectivity index (χ0v) is 8.10. The number of sulfonamides is 1. The molecule has 12 heavy (non-hydrogen) atoms. The van der Waals surface area contributed by atoms with Crippen molar-refractivity contribution in [3.8, 4) is 0 Å². The van der Waals surface area contributed by atoms with E-state index in [0.717, 1.165) is 0 Å². The monoisotopic (exact) mass is 214 g/mol. The number of rotatable bonds is 1. The van der Waals surface area contributed by atoms with Crippen molar-refractivity contribution in [3.63, 3.8) is 0 Å². The first kappa shape index (κ1) is 9.90. The molecule has 1 heterocycles. The van der Waals surface area contributed by atoms with E-state index in [1.165, 1.54) is 6.92 Å². The molecule has 0 aromatic rings. The molecule has 1 aliphatic rings. The fourth-order valence-corrected chi connectivity index (χ4v) is 4.16. The zero-order chi connectivity index (χ0) is 9.57. The molecule has 6 nitrogen and oxygen atoms in total. The topological polar surface area (TPSA) is 97.5 Å². The van der Waals surface area contributed by atoms with Crippen LogP contribution in [-0.2, 0) is 20.2 Å². The van der Waals surface area contributed by atoms with Crippen LogP contribution in [0.2, 0.25) is 0 Å². The quantitative estimate of drug-likeness (QED) is 0.581. The lowest BCUT2D eigenvalue weighted by atomic mass is 10.3. The van der Waals surface area contributed by atoms with Crippen molar-refractivity contribution in [2.24, 2.45) is 5.14 Å². The molecule has 1 saturated heterocycles. The first-order chi connectivity index (χ1) is 5.26. The number of hydrogen-bond acceptors (Lipinski definition) is 4. The predicted octanol–water partition coefficient (Wildman–Crippen LogP) is -1.39. The summed E-state index contributed by atoms with van der Waals surface area (Å²) in [6, 6.07) is 0. The first-order valence-corrected chi connectivity index (χ1v) is 6.31. The minimum atomic E-state index is -4.10. The van der Waals surface area contributed by atoms with E-state index in [0.29, 0.717) is 10.1 Å². The molecule has 1 atom stereocenters. The van der Waals surface area contributed by atoms with E-state index >= 15 is 0 Å². The smallest absolute Gasteiger partial charge is 0.215 e. The molecule has 72 valence electrons. The Balaban J connectivity index is 3.16. The van der Waals surface area contributed by atoms with Gasteiger partial charge in [0.25, 0.3) is 10.2 Å². The molecule has 0 amide bonds. The molecule has 0 spiro atoms. The van der Waals surface area contributed by atoms with Gasteiger partial charge in [0.2, 0.25) is 10.0 Å². The second-order valence-electron chi connectivity index (χ2n) is 2.69. The molecular formula is C4H10N2O4S2. The van der Waals surface area contributed by atoms with Crippen LogP contribution in [0, 0.1) is 0 Å². The van der Waals surface area contributed by atoms with Crippen LogP contribution >= 0.6 is 0 Å². The van der Waals surface area contributed by atoms with Gasteiger partial charge in [-0.1, -0.05) is 3.71 Å². The minimum Gasteiger partial charge on any atom is -0.215 e. The van der Waals surface area contributed by atoms with Gasteiger partial charge in [0.1, 0.15) is 0 Å². The Morgan fingerprint density at radius 3 is 2.17 bits per heavy atom. The average Bonchev–Trinajstić information content (AvgIpc) is 2.06. The third-order valence-electron chi connectivity index (χ3n) is 1.79. The zero-order valence-electron chi connectivity index (χ0n) is 6.47. The van der Waals surface area contributed by atoms with Gasteiger partial charge in [0, 0.05) is 6.54 Å². The Morgan fingerprint density at radius 1 is 1.50 bits per heavy atom. The fraction of sp³-hybridized carbons (Fsp3) is 1.00. The predicted molar refractivity (Wildman–Crippen MR) is 42.8 cm³/mol. The van der Waals surface area contributed by atoms with E-state index in [-0.39, 0.29) is 6.54 Å². The van der Waals surface area contributed by atoms with Crippen molar-refractivity contribution in [1.82, 2.24) is 3.71 Å². The largest absolute Gasteiger partial charge is 0.290 e. The highest BCUT2D eigenvalue weighted by molar-refractivity contribution is 8.03. The lowest BCUT2D eigenvalue weighted by Crippen LogP contribution is -2.38. The lowest BCUT2D eigenvalue weighted by Gasteiger charge is -2.11. The van der Waals surface area contributed by atoms with Gasteiger partial charge < -0.3 is 0 Å².